The maximum Gasteiger partial charge on any atom is 0.258 e. The van der Waals surface area contributed by atoms with Crippen molar-refractivity contribution in [2.75, 3.05) is 16.8 Å². The second-order valence-corrected chi connectivity index (χ2v) is 7.42. The average molecular weight is 379 g/mol. The molecule has 7 heteroatoms. The molecular weight excluding hydrogens is 358 g/mol. The van der Waals surface area contributed by atoms with E-state index in [-0.39, 0.29) is 24.1 Å². The van der Waals surface area contributed by atoms with Crippen molar-refractivity contribution in [3.63, 3.8) is 0 Å². The Morgan fingerprint density at radius 3 is 2.75 bits per heavy atom. The van der Waals surface area contributed by atoms with Gasteiger partial charge < -0.3 is 15.3 Å². The number of carbonyl (C=O) groups is 3. The van der Waals surface area contributed by atoms with Crippen molar-refractivity contribution in [3.05, 3.63) is 53.6 Å². The van der Waals surface area contributed by atoms with Crippen LogP contribution in [-0.2, 0) is 9.59 Å². The first-order valence-electron chi connectivity index (χ1n) is 9.15. The molecule has 2 aliphatic rings. The van der Waals surface area contributed by atoms with E-state index >= 15 is 0 Å². The number of anilines is 2. The topological polar surface area (TPSA) is 89.9 Å². The molecule has 144 valence electrons. The fourth-order valence-corrected chi connectivity index (χ4v) is 4.02. The van der Waals surface area contributed by atoms with E-state index in [0.29, 0.717) is 29.8 Å². The van der Waals surface area contributed by atoms with Gasteiger partial charge in [-0.2, -0.15) is 0 Å². The summed E-state index contributed by atoms with van der Waals surface area (Å²) in [7, 11) is 0. The molecule has 2 aromatic carbocycles. The molecule has 1 saturated heterocycles. The van der Waals surface area contributed by atoms with Gasteiger partial charge in [0, 0.05) is 6.42 Å². The molecule has 3 amide bonds. The molecule has 1 atom stereocenters. The molecule has 0 radical (unpaired) electrons. The van der Waals surface area contributed by atoms with Gasteiger partial charge in [0.05, 0.1) is 16.9 Å². The predicted octanol–water partition coefficient (Wildman–Crippen LogP) is 2.64. The van der Waals surface area contributed by atoms with E-state index in [0.717, 1.165) is 5.56 Å². The third-order valence-corrected chi connectivity index (χ3v) is 5.47. The molecule has 7 nitrogen and oxygen atoms in total. The average Bonchev–Trinajstić information content (AvgIpc) is 2.97. The van der Waals surface area contributed by atoms with Crippen molar-refractivity contribution in [1.29, 1.82) is 0 Å². The van der Waals surface area contributed by atoms with Crippen LogP contribution in [0.1, 0.15) is 35.7 Å². The number of nitrogens with zero attached hydrogens (tertiary/aromatic N) is 2. The first-order valence-corrected chi connectivity index (χ1v) is 9.15. The first-order chi connectivity index (χ1) is 13.3. The molecule has 0 unspecified atom stereocenters. The Bertz CT molecular complexity index is 1000. The molecule has 28 heavy (non-hydrogen) atoms. The Labute approximate surface area is 162 Å². The zero-order valence-electron chi connectivity index (χ0n) is 15.7. The maximum absolute atomic E-state index is 13.1. The lowest BCUT2D eigenvalue weighted by atomic mass is 9.98. The molecule has 2 heterocycles. The fourth-order valence-electron chi connectivity index (χ4n) is 4.02. The molecule has 0 aromatic heterocycles. The Kier molecular flexibility index (Phi) is 4.10. The second kappa shape index (κ2) is 6.37. The number of aryl methyl sites for hydroxylation is 1. The third kappa shape index (κ3) is 2.70. The van der Waals surface area contributed by atoms with Crippen LogP contribution in [-0.4, -0.2) is 39.9 Å². The minimum Gasteiger partial charge on any atom is -0.506 e. The van der Waals surface area contributed by atoms with Gasteiger partial charge in [-0.25, -0.2) is 0 Å². The Morgan fingerprint density at radius 2 is 1.96 bits per heavy atom. The van der Waals surface area contributed by atoms with Gasteiger partial charge in [0.2, 0.25) is 11.8 Å². The molecule has 0 saturated carbocycles. The molecule has 0 spiro atoms. The SMILES string of the molecule is Cc1ccc(O)c(NC(=O)CN2C(=O)c3ccccc3N3C(=O)CC[C@]23C)c1. The molecule has 4 rings (SSSR count). The summed E-state index contributed by atoms with van der Waals surface area (Å²) in [6.07, 6.45) is 0.768. The number of para-hydroxylation sites is 1. The minimum atomic E-state index is -0.894. The highest BCUT2D eigenvalue weighted by molar-refractivity contribution is 6.11. The number of phenols is 1. The van der Waals surface area contributed by atoms with E-state index in [9.17, 15) is 19.5 Å². The van der Waals surface area contributed by atoms with Gasteiger partial charge in [0.15, 0.2) is 0 Å². The van der Waals surface area contributed by atoms with E-state index in [1.165, 1.54) is 11.0 Å². The normalized spacial score (nSPS) is 20.8. The van der Waals surface area contributed by atoms with Crippen molar-refractivity contribution >= 4 is 29.1 Å². The maximum atomic E-state index is 13.1. The Morgan fingerprint density at radius 1 is 1.21 bits per heavy atom. The molecule has 2 aliphatic heterocycles. The molecule has 2 aromatic rings. The van der Waals surface area contributed by atoms with Crippen LogP contribution >= 0.6 is 0 Å². The molecule has 0 aliphatic carbocycles. The number of aromatic hydroxyl groups is 1. The van der Waals surface area contributed by atoms with Crippen LogP contribution in [0.3, 0.4) is 0 Å². The number of benzene rings is 2. The number of hydrogen-bond acceptors (Lipinski definition) is 4. The van der Waals surface area contributed by atoms with Crippen LogP contribution < -0.4 is 10.2 Å². The second-order valence-electron chi connectivity index (χ2n) is 7.42. The number of nitrogens with one attached hydrogen (secondary N) is 1. The van der Waals surface area contributed by atoms with E-state index in [4.69, 9.17) is 0 Å². The van der Waals surface area contributed by atoms with Crippen LogP contribution in [0.5, 0.6) is 5.75 Å². The van der Waals surface area contributed by atoms with Gasteiger partial charge in [0.25, 0.3) is 5.91 Å². The zero-order valence-corrected chi connectivity index (χ0v) is 15.7. The third-order valence-electron chi connectivity index (χ3n) is 5.47. The number of amides is 3. The quantitative estimate of drug-likeness (QED) is 0.803. The van der Waals surface area contributed by atoms with Gasteiger partial charge in [-0.15, -0.1) is 0 Å². The fraction of sp³-hybridized carbons (Fsp3) is 0.286. The minimum absolute atomic E-state index is 0.0434. The van der Waals surface area contributed by atoms with E-state index in [1.807, 2.05) is 13.8 Å². The molecule has 2 N–H and O–H groups in total. The highest BCUT2D eigenvalue weighted by atomic mass is 16.3. The summed E-state index contributed by atoms with van der Waals surface area (Å²) in [5.41, 5.74) is 1.27. The van der Waals surface area contributed by atoms with Gasteiger partial charge in [-0.1, -0.05) is 18.2 Å². The van der Waals surface area contributed by atoms with Crippen molar-refractivity contribution in [3.8, 4) is 5.75 Å². The van der Waals surface area contributed by atoms with E-state index in [2.05, 4.69) is 5.32 Å². The van der Waals surface area contributed by atoms with E-state index < -0.39 is 11.6 Å². The number of rotatable bonds is 3. The summed E-state index contributed by atoms with van der Waals surface area (Å²) in [5.74, 6) is -0.829. The molecule has 0 bridgehead atoms. The first kappa shape index (κ1) is 18.0. The van der Waals surface area contributed by atoms with Crippen LogP contribution in [0.15, 0.2) is 42.5 Å². The Hall–Kier alpha value is -3.35. The van der Waals surface area contributed by atoms with Crippen molar-refractivity contribution in [2.45, 2.75) is 32.4 Å². The summed E-state index contributed by atoms with van der Waals surface area (Å²) in [5, 5.41) is 12.6. The smallest absolute Gasteiger partial charge is 0.258 e. The van der Waals surface area contributed by atoms with Gasteiger partial charge >= 0.3 is 0 Å². The highest BCUT2D eigenvalue weighted by Crippen LogP contribution is 2.43. The predicted molar refractivity (Wildman–Crippen MR) is 104 cm³/mol. The van der Waals surface area contributed by atoms with Crippen molar-refractivity contribution in [2.24, 2.45) is 0 Å². The van der Waals surface area contributed by atoms with Gasteiger partial charge in [-0.3, -0.25) is 19.3 Å². The largest absolute Gasteiger partial charge is 0.506 e. The number of fused-ring (bicyclic) bond motifs is 3. The van der Waals surface area contributed by atoms with E-state index in [1.54, 1.807) is 41.3 Å². The van der Waals surface area contributed by atoms with Gasteiger partial charge in [-0.05, 0) is 50.1 Å². The van der Waals surface area contributed by atoms with Crippen LogP contribution in [0.25, 0.3) is 0 Å². The monoisotopic (exact) mass is 379 g/mol. The van der Waals surface area contributed by atoms with Crippen molar-refractivity contribution in [1.82, 2.24) is 4.90 Å². The summed E-state index contributed by atoms with van der Waals surface area (Å²) < 4.78 is 0. The standard InChI is InChI=1S/C21H21N3O4/c1-13-7-8-17(25)15(11-13)22-18(26)12-23-20(28)14-5-3-4-6-16(14)24-19(27)9-10-21(23,24)2/h3-8,11,25H,9-10,12H2,1-2H3,(H,22,26)/t21-/m1/s1. The van der Waals surface area contributed by atoms with Crippen molar-refractivity contribution < 1.29 is 19.5 Å². The summed E-state index contributed by atoms with van der Waals surface area (Å²) in [6, 6.07) is 11.9. The summed E-state index contributed by atoms with van der Waals surface area (Å²) in [4.78, 5) is 41.4. The van der Waals surface area contributed by atoms with Crippen LogP contribution in [0, 0.1) is 6.92 Å². The number of hydrogen-bond donors (Lipinski definition) is 2. The lowest BCUT2D eigenvalue weighted by Gasteiger charge is -2.48. The lowest BCUT2D eigenvalue weighted by molar-refractivity contribution is -0.120. The Balaban J connectivity index is 1.65. The zero-order chi connectivity index (χ0) is 20.1. The van der Waals surface area contributed by atoms with Crippen LogP contribution in [0.2, 0.25) is 0 Å². The number of phenolic OH excluding ortho intramolecular Hbond substituents is 1. The van der Waals surface area contributed by atoms with Gasteiger partial charge in [0.1, 0.15) is 18.0 Å². The summed E-state index contributed by atoms with van der Waals surface area (Å²) in [6.45, 7) is 3.44. The molecular formula is C21H21N3O4. The number of carbonyl (C=O) groups excluding carboxylic acids is 3. The highest BCUT2D eigenvalue weighted by Gasteiger charge is 2.53. The lowest BCUT2D eigenvalue weighted by Crippen LogP contribution is -2.63. The molecule has 1 fully saturated rings. The van der Waals surface area contributed by atoms with Crippen LogP contribution in [0.4, 0.5) is 11.4 Å². The summed E-state index contributed by atoms with van der Waals surface area (Å²) >= 11 is 0.